The van der Waals surface area contributed by atoms with E-state index in [9.17, 15) is 0 Å². The summed E-state index contributed by atoms with van der Waals surface area (Å²) in [5.41, 5.74) is 19.3. The van der Waals surface area contributed by atoms with Gasteiger partial charge in [-0.1, -0.05) is 176 Å². The third-order valence-corrected chi connectivity index (χ3v) is 11.9. The Morgan fingerprint density at radius 1 is 0.210 bits per heavy atom. The average Bonchev–Trinajstić information content (AvgIpc) is 3.74. The van der Waals surface area contributed by atoms with Gasteiger partial charge in [-0.15, -0.1) is 0 Å². The lowest BCUT2D eigenvalue weighted by atomic mass is 9.93. The SMILES string of the molecule is c1ccc(-c2ccc(-c3ccc(N(c4ccc(-c5cc(-c6ccccc6)cc(-c6ccccc6)c5)cc4)c4ccc(-c5ccc6oc7ccccc7c6c5)cc4)cc3)cc2)cc1. The Morgan fingerprint density at radius 2 is 0.516 bits per heavy atom. The van der Waals surface area contributed by atoms with Crippen molar-refractivity contribution in [3.63, 3.8) is 0 Å². The fraction of sp³-hybridized carbons (Fsp3) is 0. The molecule has 0 unspecified atom stereocenters. The van der Waals surface area contributed by atoms with Crippen molar-refractivity contribution in [3.8, 4) is 66.8 Å². The maximum Gasteiger partial charge on any atom is 0.135 e. The summed E-state index contributed by atoms with van der Waals surface area (Å²) in [5, 5.41) is 2.26. The van der Waals surface area contributed by atoms with E-state index in [4.69, 9.17) is 4.42 Å². The number of benzene rings is 10. The summed E-state index contributed by atoms with van der Waals surface area (Å²) in [6.07, 6.45) is 0. The molecule has 0 amide bonds. The van der Waals surface area contributed by atoms with Crippen LogP contribution in [0.15, 0.2) is 253 Å². The summed E-state index contributed by atoms with van der Waals surface area (Å²) in [4.78, 5) is 2.35. The topological polar surface area (TPSA) is 16.4 Å². The molecule has 10 aromatic carbocycles. The molecule has 0 fully saturated rings. The van der Waals surface area contributed by atoms with Crippen LogP contribution in [-0.2, 0) is 0 Å². The standard InChI is InChI=1S/C60H41NO/c1-4-12-42(13-5-1)45-20-22-46(23-21-45)47-24-31-54(32-25-47)61(55-33-26-48(27-34-55)50-30-37-60-58(41-50)57-18-10-11-19-59(57)62-60)56-35-28-49(29-36-56)53-39-51(43-14-6-2-7-15-43)38-52(40-53)44-16-8-3-9-17-44/h1-41H. The predicted molar refractivity (Wildman–Crippen MR) is 261 cm³/mol. The van der Waals surface area contributed by atoms with Crippen molar-refractivity contribution >= 4 is 39.0 Å². The minimum atomic E-state index is 0.903. The lowest BCUT2D eigenvalue weighted by molar-refractivity contribution is 0.669. The van der Waals surface area contributed by atoms with Crippen LogP contribution in [0.4, 0.5) is 17.1 Å². The van der Waals surface area contributed by atoms with E-state index < -0.39 is 0 Å². The van der Waals surface area contributed by atoms with E-state index in [1.54, 1.807) is 0 Å². The molecule has 0 aliphatic heterocycles. The lowest BCUT2D eigenvalue weighted by Gasteiger charge is -2.26. The second-order valence-electron chi connectivity index (χ2n) is 15.8. The van der Waals surface area contributed by atoms with E-state index in [-0.39, 0.29) is 0 Å². The predicted octanol–water partition coefficient (Wildman–Crippen LogP) is 17.1. The highest BCUT2D eigenvalue weighted by Crippen LogP contribution is 2.40. The van der Waals surface area contributed by atoms with Crippen molar-refractivity contribution in [2.45, 2.75) is 0 Å². The molecule has 11 aromatic rings. The van der Waals surface area contributed by atoms with Crippen LogP contribution >= 0.6 is 0 Å². The van der Waals surface area contributed by atoms with Crippen LogP contribution in [-0.4, -0.2) is 0 Å². The third-order valence-electron chi connectivity index (χ3n) is 11.9. The van der Waals surface area contributed by atoms with Gasteiger partial charge >= 0.3 is 0 Å². The molecule has 0 aliphatic carbocycles. The molecule has 0 spiro atoms. The van der Waals surface area contributed by atoms with E-state index >= 15 is 0 Å². The molecule has 0 bridgehead atoms. The lowest BCUT2D eigenvalue weighted by Crippen LogP contribution is -2.09. The number of nitrogens with zero attached hydrogens (tertiary/aromatic N) is 1. The van der Waals surface area contributed by atoms with Crippen molar-refractivity contribution < 1.29 is 4.42 Å². The van der Waals surface area contributed by atoms with Gasteiger partial charge in [0.25, 0.3) is 0 Å². The molecule has 2 heteroatoms. The molecule has 292 valence electrons. The number of furan rings is 1. The highest BCUT2D eigenvalue weighted by molar-refractivity contribution is 6.06. The van der Waals surface area contributed by atoms with E-state index in [1.165, 1.54) is 50.1 Å². The molecule has 0 atom stereocenters. The smallest absolute Gasteiger partial charge is 0.135 e. The number of rotatable bonds is 9. The molecule has 0 saturated heterocycles. The van der Waals surface area contributed by atoms with Gasteiger partial charge in [0.05, 0.1) is 0 Å². The Kier molecular flexibility index (Phi) is 9.57. The van der Waals surface area contributed by atoms with Crippen LogP contribution in [0.3, 0.4) is 0 Å². The van der Waals surface area contributed by atoms with Gasteiger partial charge in [-0.05, 0) is 140 Å². The van der Waals surface area contributed by atoms with Crippen LogP contribution in [0.2, 0.25) is 0 Å². The van der Waals surface area contributed by atoms with Crippen molar-refractivity contribution in [3.05, 3.63) is 249 Å². The van der Waals surface area contributed by atoms with Crippen molar-refractivity contribution in [1.29, 1.82) is 0 Å². The van der Waals surface area contributed by atoms with Gasteiger partial charge in [-0.25, -0.2) is 0 Å². The molecular formula is C60H41NO. The molecule has 0 saturated carbocycles. The minimum Gasteiger partial charge on any atom is -0.456 e. The number of fused-ring (bicyclic) bond motifs is 3. The number of anilines is 3. The Labute approximate surface area is 362 Å². The number of hydrogen-bond acceptors (Lipinski definition) is 2. The fourth-order valence-electron chi connectivity index (χ4n) is 8.64. The van der Waals surface area contributed by atoms with E-state index in [1.807, 2.05) is 12.1 Å². The zero-order chi connectivity index (χ0) is 41.2. The van der Waals surface area contributed by atoms with Crippen LogP contribution in [0, 0.1) is 0 Å². The minimum absolute atomic E-state index is 0.903. The summed E-state index contributed by atoms with van der Waals surface area (Å²) < 4.78 is 6.13. The number of hydrogen-bond donors (Lipinski definition) is 0. The third kappa shape index (κ3) is 7.25. The first-order chi connectivity index (χ1) is 30.7. The number of para-hydroxylation sites is 1. The zero-order valence-corrected chi connectivity index (χ0v) is 34.0. The van der Waals surface area contributed by atoms with Crippen molar-refractivity contribution in [2.24, 2.45) is 0 Å². The van der Waals surface area contributed by atoms with Crippen LogP contribution < -0.4 is 4.90 Å². The largest absolute Gasteiger partial charge is 0.456 e. The molecule has 1 aromatic heterocycles. The van der Waals surface area contributed by atoms with Crippen molar-refractivity contribution in [1.82, 2.24) is 0 Å². The zero-order valence-electron chi connectivity index (χ0n) is 34.0. The summed E-state index contributed by atoms with van der Waals surface area (Å²) in [5.74, 6) is 0. The molecular weight excluding hydrogens is 751 g/mol. The second kappa shape index (κ2) is 16.1. The van der Waals surface area contributed by atoms with Gasteiger partial charge < -0.3 is 9.32 Å². The Bertz CT molecular complexity index is 3220. The van der Waals surface area contributed by atoms with Crippen LogP contribution in [0.1, 0.15) is 0 Å². The van der Waals surface area contributed by atoms with Gasteiger partial charge in [0, 0.05) is 27.8 Å². The maximum absolute atomic E-state index is 6.13. The normalized spacial score (nSPS) is 11.2. The van der Waals surface area contributed by atoms with Crippen molar-refractivity contribution in [2.75, 3.05) is 4.90 Å². The quantitative estimate of drug-likeness (QED) is 0.145. The maximum atomic E-state index is 6.13. The summed E-state index contributed by atoms with van der Waals surface area (Å²) in [6.45, 7) is 0. The summed E-state index contributed by atoms with van der Waals surface area (Å²) in [7, 11) is 0. The van der Waals surface area contributed by atoms with Crippen LogP contribution in [0.25, 0.3) is 88.7 Å². The summed E-state index contributed by atoms with van der Waals surface area (Å²) >= 11 is 0. The molecule has 0 aliphatic rings. The van der Waals surface area contributed by atoms with Gasteiger partial charge in [-0.3, -0.25) is 0 Å². The first-order valence-electron chi connectivity index (χ1n) is 21.1. The van der Waals surface area contributed by atoms with Gasteiger partial charge in [0.15, 0.2) is 0 Å². The van der Waals surface area contributed by atoms with E-state index in [0.717, 1.165) is 55.7 Å². The average molecular weight is 792 g/mol. The van der Waals surface area contributed by atoms with Gasteiger partial charge in [-0.2, -0.15) is 0 Å². The molecule has 0 N–H and O–H groups in total. The Balaban J connectivity index is 0.959. The van der Waals surface area contributed by atoms with E-state index in [0.29, 0.717) is 0 Å². The fourth-order valence-corrected chi connectivity index (χ4v) is 8.64. The highest BCUT2D eigenvalue weighted by Gasteiger charge is 2.16. The molecule has 1 heterocycles. The highest BCUT2D eigenvalue weighted by atomic mass is 16.3. The molecule has 0 radical (unpaired) electrons. The van der Waals surface area contributed by atoms with Gasteiger partial charge in [0.1, 0.15) is 11.2 Å². The monoisotopic (exact) mass is 791 g/mol. The molecule has 11 rings (SSSR count). The molecule has 2 nitrogen and oxygen atoms in total. The van der Waals surface area contributed by atoms with Crippen LogP contribution in [0.5, 0.6) is 0 Å². The first-order valence-corrected chi connectivity index (χ1v) is 21.1. The van der Waals surface area contributed by atoms with E-state index in [2.05, 4.69) is 241 Å². The second-order valence-corrected chi connectivity index (χ2v) is 15.8. The summed E-state index contributed by atoms with van der Waals surface area (Å²) in [6, 6.07) is 89.1. The Hall–Kier alpha value is -8.20. The Morgan fingerprint density at radius 3 is 0.968 bits per heavy atom. The first kappa shape index (κ1) is 36.8. The molecule has 62 heavy (non-hydrogen) atoms. The van der Waals surface area contributed by atoms with Gasteiger partial charge in [0.2, 0.25) is 0 Å².